The normalized spacial score (nSPS) is 10.7. The summed E-state index contributed by atoms with van der Waals surface area (Å²) in [5.74, 6) is -0.453. The molecule has 0 saturated heterocycles. The molecule has 0 atom stereocenters. The van der Waals surface area contributed by atoms with Crippen molar-refractivity contribution in [1.82, 2.24) is 9.78 Å². The number of hydrogen-bond donors (Lipinski definition) is 2. The van der Waals surface area contributed by atoms with Gasteiger partial charge in [0.05, 0.1) is 17.3 Å². The average Bonchev–Trinajstić information content (AvgIpc) is 2.53. The zero-order valence-electron chi connectivity index (χ0n) is 12.5. The molecule has 0 saturated carbocycles. The monoisotopic (exact) mass is 309 g/mol. The van der Waals surface area contributed by atoms with Gasteiger partial charge < -0.3 is 10.4 Å². The number of rotatable bonds is 3. The number of anilines is 1. The van der Waals surface area contributed by atoms with Gasteiger partial charge in [-0.05, 0) is 30.7 Å². The van der Waals surface area contributed by atoms with E-state index in [-0.39, 0.29) is 17.9 Å². The number of phenolic OH excluding ortho intramolecular Hbond substituents is 1. The Labute approximate surface area is 132 Å². The Kier molecular flexibility index (Phi) is 3.80. The minimum absolute atomic E-state index is 0.0165. The molecule has 0 aliphatic rings. The second kappa shape index (κ2) is 5.92. The quantitative estimate of drug-likeness (QED) is 0.725. The zero-order valence-corrected chi connectivity index (χ0v) is 12.5. The molecule has 2 aromatic carbocycles. The van der Waals surface area contributed by atoms with E-state index in [1.165, 1.54) is 0 Å². The molecule has 0 aliphatic heterocycles. The number of amides is 1. The Bertz CT molecular complexity index is 947. The van der Waals surface area contributed by atoms with E-state index in [2.05, 4.69) is 10.4 Å². The molecule has 6 nitrogen and oxygen atoms in total. The van der Waals surface area contributed by atoms with Crippen LogP contribution >= 0.6 is 0 Å². The maximum absolute atomic E-state index is 12.3. The van der Waals surface area contributed by atoms with Gasteiger partial charge in [0.2, 0.25) is 5.91 Å². The number of aryl methyl sites for hydroxylation is 1. The van der Waals surface area contributed by atoms with Crippen molar-refractivity contribution in [1.29, 1.82) is 0 Å². The molecule has 3 aromatic rings. The van der Waals surface area contributed by atoms with Crippen LogP contribution in [0.15, 0.2) is 53.5 Å². The van der Waals surface area contributed by atoms with Crippen molar-refractivity contribution in [2.24, 2.45) is 0 Å². The molecule has 1 aromatic heterocycles. The van der Waals surface area contributed by atoms with Crippen LogP contribution < -0.4 is 10.9 Å². The highest BCUT2D eigenvalue weighted by atomic mass is 16.3. The summed E-state index contributed by atoms with van der Waals surface area (Å²) >= 11 is 0. The molecule has 0 aliphatic carbocycles. The van der Waals surface area contributed by atoms with E-state index in [9.17, 15) is 14.7 Å². The van der Waals surface area contributed by atoms with Gasteiger partial charge in [0, 0.05) is 5.39 Å². The molecule has 6 heteroatoms. The fraction of sp³-hybridized carbons (Fsp3) is 0.118. The van der Waals surface area contributed by atoms with Gasteiger partial charge in [-0.25, -0.2) is 4.68 Å². The molecule has 0 fully saturated rings. The van der Waals surface area contributed by atoms with Crippen LogP contribution in [0.25, 0.3) is 10.8 Å². The second-order valence-corrected chi connectivity index (χ2v) is 5.26. The summed E-state index contributed by atoms with van der Waals surface area (Å²) in [6.45, 7) is 1.61. The Morgan fingerprint density at radius 2 is 2.04 bits per heavy atom. The molecule has 0 radical (unpaired) electrons. The third-order valence-corrected chi connectivity index (χ3v) is 3.48. The van der Waals surface area contributed by atoms with Crippen molar-refractivity contribution < 1.29 is 9.90 Å². The SMILES string of the molecule is Cc1ccc(NC(=O)Cn2ncc3ccccc3c2=O)c(O)c1. The molecule has 0 bridgehead atoms. The number of benzene rings is 2. The maximum Gasteiger partial charge on any atom is 0.275 e. The first-order valence-corrected chi connectivity index (χ1v) is 7.09. The molecule has 116 valence electrons. The van der Waals surface area contributed by atoms with Crippen LogP contribution in [0.5, 0.6) is 5.75 Å². The van der Waals surface area contributed by atoms with Crippen LogP contribution in [0, 0.1) is 6.92 Å². The number of carbonyl (C=O) groups is 1. The fourth-order valence-electron chi connectivity index (χ4n) is 2.31. The minimum Gasteiger partial charge on any atom is -0.506 e. The summed E-state index contributed by atoms with van der Waals surface area (Å²) < 4.78 is 1.10. The highest BCUT2D eigenvalue weighted by Crippen LogP contribution is 2.23. The predicted octanol–water partition coefficient (Wildman–Crippen LogP) is 2.05. The summed E-state index contributed by atoms with van der Waals surface area (Å²) in [4.78, 5) is 24.4. The number of nitrogens with zero attached hydrogens (tertiary/aromatic N) is 2. The van der Waals surface area contributed by atoms with Crippen LogP contribution in [0.4, 0.5) is 5.69 Å². The average molecular weight is 309 g/mol. The molecule has 0 spiro atoms. The number of hydrogen-bond acceptors (Lipinski definition) is 4. The Morgan fingerprint density at radius 1 is 1.26 bits per heavy atom. The number of carbonyl (C=O) groups excluding carboxylic acids is 1. The summed E-state index contributed by atoms with van der Waals surface area (Å²) in [6.07, 6.45) is 1.55. The largest absolute Gasteiger partial charge is 0.506 e. The van der Waals surface area contributed by atoms with Crippen molar-refractivity contribution in [3.8, 4) is 5.75 Å². The van der Waals surface area contributed by atoms with Crippen LogP contribution in [0.3, 0.4) is 0 Å². The first-order valence-electron chi connectivity index (χ1n) is 7.09. The summed E-state index contributed by atoms with van der Waals surface area (Å²) in [5, 5.41) is 17.6. The van der Waals surface area contributed by atoms with E-state index in [1.54, 1.807) is 42.6 Å². The maximum atomic E-state index is 12.3. The third-order valence-electron chi connectivity index (χ3n) is 3.48. The zero-order chi connectivity index (χ0) is 16.4. The van der Waals surface area contributed by atoms with Gasteiger partial charge >= 0.3 is 0 Å². The standard InChI is InChI=1S/C17H15N3O3/c1-11-6-7-14(15(21)8-11)19-16(22)10-20-17(23)13-5-3-2-4-12(13)9-18-20/h2-9,21H,10H2,1H3,(H,19,22). The van der Waals surface area contributed by atoms with Crippen molar-refractivity contribution in [2.45, 2.75) is 13.5 Å². The lowest BCUT2D eigenvalue weighted by Crippen LogP contribution is -2.29. The van der Waals surface area contributed by atoms with Crippen molar-refractivity contribution in [2.75, 3.05) is 5.32 Å². The number of fused-ring (bicyclic) bond motifs is 1. The molecule has 3 rings (SSSR count). The van der Waals surface area contributed by atoms with Crippen LogP contribution in [0.1, 0.15) is 5.56 Å². The Morgan fingerprint density at radius 3 is 2.83 bits per heavy atom. The molecular formula is C17H15N3O3. The van der Waals surface area contributed by atoms with Gasteiger partial charge in [0.15, 0.2) is 0 Å². The molecule has 0 unspecified atom stereocenters. The number of aromatic hydroxyl groups is 1. The topological polar surface area (TPSA) is 84.2 Å². The first-order chi connectivity index (χ1) is 11.0. The summed E-state index contributed by atoms with van der Waals surface area (Å²) in [6, 6.07) is 12.0. The molecule has 1 heterocycles. The molecule has 23 heavy (non-hydrogen) atoms. The van der Waals surface area contributed by atoms with E-state index in [0.717, 1.165) is 15.6 Å². The number of aromatic nitrogens is 2. The lowest BCUT2D eigenvalue weighted by atomic mass is 10.2. The lowest BCUT2D eigenvalue weighted by molar-refractivity contribution is -0.117. The van der Waals surface area contributed by atoms with E-state index in [1.807, 2.05) is 13.0 Å². The Hall–Kier alpha value is -3.15. The van der Waals surface area contributed by atoms with Crippen LogP contribution in [0.2, 0.25) is 0 Å². The molecule has 1 amide bonds. The highest BCUT2D eigenvalue weighted by molar-refractivity contribution is 5.92. The third kappa shape index (κ3) is 3.06. The summed E-state index contributed by atoms with van der Waals surface area (Å²) in [7, 11) is 0. The predicted molar refractivity (Wildman–Crippen MR) is 87.5 cm³/mol. The van der Waals surface area contributed by atoms with Crippen molar-refractivity contribution in [3.63, 3.8) is 0 Å². The molecule has 2 N–H and O–H groups in total. The fourth-order valence-corrected chi connectivity index (χ4v) is 2.31. The van der Waals surface area contributed by atoms with Gasteiger partial charge in [-0.15, -0.1) is 0 Å². The van der Waals surface area contributed by atoms with Crippen LogP contribution in [-0.2, 0) is 11.3 Å². The van der Waals surface area contributed by atoms with Gasteiger partial charge in [0.1, 0.15) is 12.3 Å². The van der Waals surface area contributed by atoms with E-state index in [4.69, 9.17) is 0 Å². The number of phenols is 1. The van der Waals surface area contributed by atoms with E-state index >= 15 is 0 Å². The summed E-state index contributed by atoms with van der Waals surface area (Å²) in [5.41, 5.74) is 0.855. The van der Waals surface area contributed by atoms with Gasteiger partial charge in [-0.3, -0.25) is 9.59 Å². The number of nitrogens with one attached hydrogen (secondary N) is 1. The van der Waals surface area contributed by atoms with Gasteiger partial charge in [0.25, 0.3) is 5.56 Å². The van der Waals surface area contributed by atoms with Gasteiger partial charge in [-0.2, -0.15) is 5.10 Å². The Balaban J connectivity index is 1.83. The van der Waals surface area contributed by atoms with Crippen molar-refractivity contribution >= 4 is 22.4 Å². The smallest absolute Gasteiger partial charge is 0.275 e. The lowest BCUT2D eigenvalue weighted by Gasteiger charge is -2.09. The van der Waals surface area contributed by atoms with Crippen molar-refractivity contribution in [3.05, 3.63) is 64.6 Å². The second-order valence-electron chi connectivity index (χ2n) is 5.26. The van der Waals surface area contributed by atoms with E-state index in [0.29, 0.717) is 11.1 Å². The van der Waals surface area contributed by atoms with Gasteiger partial charge in [-0.1, -0.05) is 24.3 Å². The van der Waals surface area contributed by atoms with E-state index < -0.39 is 5.91 Å². The molecular weight excluding hydrogens is 294 g/mol. The first kappa shape index (κ1) is 14.8. The highest BCUT2D eigenvalue weighted by Gasteiger charge is 2.10. The van der Waals surface area contributed by atoms with Crippen LogP contribution in [-0.4, -0.2) is 20.8 Å². The minimum atomic E-state index is -0.436.